The second-order valence-electron chi connectivity index (χ2n) is 7.30. The Morgan fingerprint density at radius 1 is 1.14 bits per heavy atom. The van der Waals surface area contributed by atoms with Crippen LogP contribution >= 0.6 is 11.9 Å². The molecule has 4 bridgehead atoms. The van der Waals surface area contributed by atoms with Crippen LogP contribution in [0.2, 0.25) is 0 Å². The van der Waals surface area contributed by atoms with Crippen molar-refractivity contribution in [3.8, 4) is 0 Å². The largest absolute Gasteiger partial charge is 0.324 e. The molecule has 1 aromatic heterocycles. The van der Waals surface area contributed by atoms with Gasteiger partial charge in [-0.25, -0.2) is 4.99 Å². The molecule has 4 saturated carbocycles. The second-order valence-corrected chi connectivity index (χ2v) is 8.15. The summed E-state index contributed by atoms with van der Waals surface area (Å²) in [4.78, 5) is 10.5. The molecule has 110 valence electrons. The zero-order valence-corrected chi connectivity index (χ0v) is 12.8. The van der Waals surface area contributed by atoms with E-state index < -0.39 is 0 Å². The molecule has 2 N–H and O–H groups in total. The number of fused-ring (bicyclic) bond motifs is 1. The summed E-state index contributed by atoms with van der Waals surface area (Å²) in [7, 11) is 0. The summed E-state index contributed by atoms with van der Waals surface area (Å²) in [6, 6.07) is 2.03. The number of aliphatic imine (C=N–C) groups is 1. The number of guanidine groups is 1. The predicted molar refractivity (Wildman–Crippen MR) is 85.2 cm³/mol. The van der Waals surface area contributed by atoms with Crippen LogP contribution in [0.25, 0.3) is 0 Å². The Hall–Kier alpha value is -1.23. The smallest absolute Gasteiger partial charge is 0.206 e. The normalized spacial score (nSPS) is 41.5. The minimum absolute atomic E-state index is 0.217. The van der Waals surface area contributed by atoms with Gasteiger partial charge in [0, 0.05) is 12.4 Å². The fourth-order valence-electron chi connectivity index (χ4n) is 5.31. The van der Waals surface area contributed by atoms with Crippen LogP contribution in [0.3, 0.4) is 0 Å². The molecule has 0 amide bonds. The number of aromatic nitrogens is 1. The van der Waals surface area contributed by atoms with Crippen LogP contribution < -0.4 is 10.0 Å². The fourth-order valence-corrected chi connectivity index (χ4v) is 5.96. The molecule has 0 saturated heterocycles. The molecule has 0 aromatic carbocycles. The van der Waals surface area contributed by atoms with Crippen molar-refractivity contribution in [1.29, 1.82) is 0 Å². The number of rotatable bonds is 1. The molecule has 4 fully saturated rings. The van der Waals surface area contributed by atoms with Gasteiger partial charge in [0.25, 0.3) is 0 Å². The van der Waals surface area contributed by atoms with Gasteiger partial charge < -0.3 is 5.32 Å². The summed E-state index contributed by atoms with van der Waals surface area (Å²) < 4.78 is 3.37. The van der Waals surface area contributed by atoms with Crippen molar-refractivity contribution < 1.29 is 0 Å². The highest BCUT2D eigenvalue weighted by Crippen LogP contribution is 2.57. The van der Waals surface area contributed by atoms with Crippen LogP contribution in [-0.2, 0) is 0 Å². The monoisotopic (exact) mass is 300 g/mol. The third-order valence-corrected chi connectivity index (χ3v) is 6.49. The first-order valence-electron chi connectivity index (χ1n) is 8.02. The van der Waals surface area contributed by atoms with Crippen LogP contribution in [0.1, 0.15) is 38.5 Å². The van der Waals surface area contributed by atoms with E-state index in [-0.39, 0.29) is 5.54 Å². The fraction of sp³-hybridized carbons (Fsp3) is 0.625. The molecular weight excluding hydrogens is 280 g/mol. The SMILES string of the molecule is c1cc2c(cn1)SNC(=NC13CC4CC(CC(C4)C1)C3)N2. The number of nitrogens with one attached hydrogen (secondary N) is 2. The van der Waals surface area contributed by atoms with Crippen LogP contribution in [0, 0.1) is 17.8 Å². The predicted octanol–water partition coefficient (Wildman–Crippen LogP) is 3.43. The highest BCUT2D eigenvalue weighted by molar-refractivity contribution is 7.98. The molecule has 0 radical (unpaired) electrons. The van der Waals surface area contributed by atoms with E-state index in [1.165, 1.54) is 38.5 Å². The summed E-state index contributed by atoms with van der Waals surface area (Å²) in [5, 5.41) is 3.45. The van der Waals surface area contributed by atoms with Crippen LogP contribution in [0.5, 0.6) is 0 Å². The first-order chi connectivity index (χ1) is 10.3. The Morgan fingerprint density at radius 2 is 1.86 bits per heavy atom. The quantitative estimate of drug-likeness (QED) is 0.780. The van der Waals surface area contributed by atoms with Gasteiger partial charge in [0.1, 0.15) is 0 Å². The van der Waals surface area contributed by atoms with Crippen molar-refractivity contribution in [3.63, 3.8) is 0 Å². The van der Waals surface area contributed by atoms with Crippen molar-refractivity contribution in [3.05, 3.63) is 18.5 Å². The lowest BCUT2D eigenvalue weighted by atomic mass is 9.53. The van der Waals surface area contributed by atoms with Crippen molar-refractivity contribution in [2.45, 2.75) is 49.0 Å². The number of hydrogen-bond acceptors (Lipinski definition) is 3. The molecule has 21 heavy (non-hydrogen) atoms. The number of pyridine rings is 1. The molecule has 1 aliphatic heterocycles. The highest BCUT2D eigenvalue weighted by atomic mass is 32.2. The maximum absolute atomic E-state index is 5.18. The van der Waals surface area contributed by atoms with Crippen molar-refractivity contribution >= 4 is 23.6 Å². The van der Waals surface area contributed by atoms with E-state index in [9.17, 15) is 0 Å². The lowest BCUT2D eigenvalue weighted by Crippen LogP contribution is -2.50. The summed E-state index contributed by atoms with van der Waals surface area (Å²) in [6.07, 6.45) is 12.0. The average molecular weight is 300 g/mol. The van der Waals surface area contributed by atoms with Crippen LogP contribution in [0.4, 0.5) is 5.69 Å². The van der Waals surface area contributed by atoms with Gasteiger partial charge >= 0.3 is 0 Å². The Morgan fingerprint density at radius 3 is 2.57 bits per heavy atom. The maximum Gasteiger partial charge on any atom is 0.206 e. The summed E-state index contributed by atoms with van der Waals surface area (Å²) in [6.45, 7) is 0. The van der Waals surface area contributed by atoms with E-state index in [2.05, 4.69) is 15.0 Å². The lowest BCUT2D eigenvalue weighted by Gasteiger charge is -2.55. The standard InChI is InChI=1S/C16H20N4S/c1-2-17-9-14-13(1)18-15(20-21-14)19-16-6-10-3-11(7-16)5-12(4-10)8-16/h1-2,9-12H,3-8H2,(H2,18,19,20). The number of hydrogen-bond donors (Lipinski definition) is 2. The Labute approximate surface area is 129 Å². The van der Waals surface area contributed by atoms with Crippen molar-refractivity contribution in [2.75, 3.05) is 5.32 Å². The van der Waals surface area contributed by atoms with Gasteiger partial charge in [-0.05, 0) is 74.3 Å². The van der Waals surface area contributed by atoms with Gasteiger partial charge in [-0.15, -0.1) is 0 Å². The summed E-state index contributed by atoms with van der Waals surface area (Å²) >= 11 is 1.62. The lowest BCUT2D eigenvalue weighted by molar-refractivity contribution is 0.00159. The second kappa shape index (κ2) is 4.38. The van der Waals surface area contributed by atoms with E-state index in [0.29, 0.717) is 0 Å². The summed E-state index contributed by atoms with van der Waals surface area (Å²) in [5.41, 5.74) is 1.34. The van der Waals surface area contributed by atoms with Crippen LogP contribution in [-0.4, -0.2) is 16.5 Å². The first-order valence-corrected chi connectivity index (χ1v) is 8.83. The van der Waals surface area contributed by atoms with Gasteiger partial charge in [-0.1, -0.05) is 0 Å². The average Bonchev–Trinajstić information content (AvgIpc) is 2.45. The maximum atomic E-state index is 5.18. The molecule has 5 heteroatoms. The molecular formula is C16H20N4S. The van der Waals surface area contributed by atoms with Crippen LogP contribution in [0.15, 0.2) is 28.3 Å². The van der Waals surface area contributed by atoms with Gasteiger partial charge in [0.15, 0.2) is 0 Å². The third-order valence-electron chi connectivity index (χ3n) is 5.65. The Kier molecular flexibility index (Phi) is 2.57. The van der Waals surface area contributed by atoms with E-state index in [1.807, 2.05) is 18.5 Å². The minimum Gasteiger partial charge on any atom is -0.324 e. The van der Waals surface area contributed by atoms with E-state index in [4.69, 9.17) is 4.99 Å². The minimum atomic E-state index is 0.217. The molecule has 2 heterocycles. The Balaban J connectivity index is 1.44. The van der Waals surface area contributed by atoms with E-state index >= 15 is 0 Å². The number of nitrogens with zero attached hydrogens (tertiary/aromatic N) is 2. The third kappa shape index (κ3) is 2.05. The van der Waals surface area contributed by atoms with Crippen molar-refractivity contribution in [1.82, 2.24) is 9.71 Å². The molecule has 0 spiro atoms. The van der Waals surface area contributed by atoms with E-state index in [1.54, 1.807) is 11.9 Å². The zero-order chi connectivity index (χ0) is 13.9. The summed E-state index contributed by atoms with van der Waals surface area (Å²) in [5.74, 6) is 3.76. The molecule has 0 unspecified atom stereocenters. The zero-order valence-electron chi connectivity index (χ0n) is 12.0. The molecule has 4 aliphatic carbocycles. The van der Waals surface area contributed by atoms with Gasteiger partial charge in [0.05, 0.1) is 16.1 Å². The van der Waals surface area contributed by atoms with Crippen molar-refractivity contribution in [2.24, 2.45) is 22.7 Å². The van der Waals surface area contributed by atoms with Gasteiger partial charge in [-0.3, -0.25) is 9.71 Å². The first kappa shape index (κ1) is 12.3. The molecule has 5 aliphatic rings. The molecule has 6 rings (SSSR count). The van der Waals surface area contributed by atoms with Gasteiger partial charge in [0.2, 0.25) is 5.96 Å². The molecule has 0 atom stereocenters. The van der Waals surface area contributed by atoms with E-state index in [0.717, 1.165) is 34.3 Å². The number of anilines is 1. The molecule has 4 nitrogen and oxygen atoms in total. The Bertz CT molecular complexity index is 577. The topological polar surface area (TPSA) is 49.3 Å². The van der Waals surface area contributed by atoms with Gasteiger partial charge in [-0.2, -0.15) is 0 Å². The molecule has 1 aromatic rings. The highest BCUT2D eigenvalue weighted by Gasteiger charge is 2.51.